The number of carbonyl (C=O) groups is 1. The van der Waals surface area contributed by atoms with Gasteiger partial charge in [-0.05, 0) is 50.1 Å². The maximum absolute atomic E-state index is 12.1. The van der Waals surface area contributed by atoms with E-state index in [1.165, 1.54) is 5.56 Å². The molecule has 0 heterocycles. The van der Waals surface area contributed by atoms with Crippen molar-refractivity contribution < 1.29 is 4.79 Å². The van der Waals surface area contributed by atoms with Crippen LogP contribution >= 0.6 is 11.6 Å². The number of rotatable bonds is 5. The highest BCUT2D eigenvalue weighted by molar-refractivity contribution is 6.30. The van der Waals surface area contributed by atoms with Crippen LogP contribution < -0.4 is 10.7 Å². The van der Waals surface area contributed by atoms with Crippen LogP contribution in [0, 0.1) is 13.8 Å². The summed E-state index contributed by atoms with van der Waals surface area (Å²) in [5.74, 6) is -0.206. The summed E-state index contributed by atoms with van der Waals surface area (Å²) in [6.07, 6.45) is 1.62. The average Bonchev–Trinajstić information content (AvgIpc) is 2.51. The van der Waals surface area contributed by atoms with Crippen molar-refractivity contribution in [2.24, 2.45) is 5.10 Å². The second kappa shape index (κ2) is 7.79. The summed E-state index contributed by atoms with van der Waals surface area (Å²) in [7, 11) is 0. The minimum Gasteiger partial charge on any atom is -0.374 e. The normalized spacial score (nSPS) is 12.2. The predicted octanol–water partition coefficient (Wildman–Crippen LogP) is 3.91. The van der Waals surface area contributed by atoms with Gasteiger partial charge in [-0.1, -0.05) is 41.4 Å². The van der Waals surface area contributed by atoms with E-state index < -0.39 is 6.04 Å². The number of nitrogens with zero attached hydrogens (tertiary/aromatic N) is 1. The van der Waals surface area contributed by atoms with Crippen LogP contribution in [0.15, 0.2) is 47.6 Å². The number of nitrogens with one attached hydrogen (secondary N) is 2. The third kappa shape index (κ3) is 5.11. The second-order valence-corrected chi connectivity index (χ2v) is 5.91. The van der Waals surface area contributed by atoms with Gasteiger partial charge in [0.2, 0.25) is 0 Å². The Kier molecular flexibility index (Phi) is 5.77. The van der Waals surface area contributed by atoms with E-state index in [0.29, 0.717) is 5.02 Å². The van der Waals surface area contributed by atoms with Crippen molar-refractivity contribution in [2.75, 3.05) is 5.32 Å². The number of carbonyl (C=O) groups excluding carboxylic acids is 1. The van der Waals surface area contributed by atoms with E-state index >= 15 is 0 Å². The van der Waals surface area contributed by atoms with Gasteiger partial charge in [0.25, 0.3) is 5.91 Å². The summed E-state index contributed by atoms with van der Waals surface area (Å²) >= 11 is 5.93. The fraction of sp³-hybridized carbons (Fsp3) is 0.222. The molecule has 0 aliphatic carbocycles. The molecule has 1 atom stereocenters. The number of halogens is 1. The minimum absolute atomic E-state index is 0.206. The zero-order chi connectivity index (χ0) is 16.8. The van der Waals surface area contributed by atoms with Crippen molar-refractivity contribution in [1.29, 1.82) is 0 Å². The molecular weight excluding hydrogens is 310 g/mol. The maximum Gasteiger partial charge on any atom is 0.262 e. The van der Waals surface area contributed by atoms with E-state index in [-0.39, 0.29) is 5.91 Å². The van der Waals surface area contributed by atoms with Gasteiger partial charge < -0.3 is 5.32 Å². The molecule has 23 heavy (non-hydrogen) atoms. The first kappa shape index (κ1) is 17.0. The van der Waals surface area contributed by atoms with E-state index in [9.17, 15) is 4.79 Å². The molecule has 0 saturated carbocycles. The predicted molar refractivity (Wildman–Crippen MR) is 96.2 cm³/mol. The highest BCUT2D eigenvalue weighted by atomic mass is 35.5. The summed E-state index contributed by atoms with van der Waals surface area (Å²) in [6.45, 7) is 5.74. The first-order valence-electron chi connectivity index (χ1n) is 7.38. The van der Waals surface area contributed by atoms with Gasteiger partial charge in [-0.15, -0.1) is 0 Å². The van der Waals surface area contributed by atoms with Crippen molar-refractivity contribution >= 4 is 29.4 Å². The van der Waals surface area contributed by atoms with Crippen LogP contribution in [0.25, 0.3) is 0 Å². The molecule has 0 spiro atoms. The Morgan fingerprint density at radius 2 is 1.87 bits per heavy atom. The van der Waals surface area contributed by atoms with Gasteiger partial charge in [0, 0.05) is 10.7 Å². The third-order valence-electron chi connectivity index (χ3n) is 3.42. The Morgan fingerprint density at radius 3 is 2.52 bits per heavy atom. The zero-order valence-electron chi connectivity index (χ0n) is 13.4. The molecule has 2 N–H and O–H groups in total. The highest BCUT2D eigenvalue weighted by Crippen LogP contribution is 2.20. The summed E-state index contributed by atoms with van der Waals surface area (Å²) < 4.78 is 0. The van der Waals surface area contributed by atoms with E-state index in [4.69, 9.17) is 11.6 Å². The van der Waals surface area contributed by atoms with E-state index in [2.05, 4.69) is 15.8 Å². The second-order valence-electron chi connectivity index (χ2n) is 5.47. The molecular formula is C18H20ClN3O. The Hall–Kier alpha value is -2.33. The minimum atomic E-state index is -0.412. The molecule has 5 heteroatoms. The van der Waals surface area contributed by atoms with Crippen molar-refractivity contribution in [2.45, 2.75) is 26.8 Å². The lowest BCUT2D eigenvalue weighted by atomic mass is 10.2. The van der Waals surface area contributed by atoms with Crippen LogP contribution in [-0.4, -0.2) is 18.2 Å². The molecule has 0 saturated heterocycles. The number of hydrogen-bond donors (Lipinski definition) is 2. The van der Waals surface area contributed by atoms with Crippen molar-refractivity contribution in [1.82, 2.24) is 5.43 Å². The number of hydrazone groups is 1. The van der Waals surface area contributed by atoms with Gasteiger partial charge in [0.15, 0.2) is 0 Å². The quantitative estimate of drug-likeness (QED) is 0.645. The molecule has 0 fully saturated rings. The first-order chi connectivity index (χ1) is 11.0. The number of amides is 1. The molecule has 1 amide bonds. The molecule has 2 rings (SSSR count). The van der Waals surface area contributed by atoms with Gasteiger partial charge in [-0.3, -0.25) is 4.79 Å². The summed E-state index contributed by atoms with van der Waals surface area (Å²) in [5, 5.41) is 7.81. The Labute approximate surface area is 141 Å². The summed E-state index contributed by atoms with van der Waals surface area (Å²) in [4.78, 5) is 12.1. The highest BCUT2D eigenvalue weighted by Gasteiger charge is 2.12. The SMILES string of the molecule is Cc1ccc(C=NNC(=O)[C@@H](C)Nc2ccc(Cl)cc2C)cc1. The monoisotopic (exact) mass is 329 g/mol. The van der Waals surface area contributed by atoms with Crippen LogP contribution in [0.1, 0.15) is 23.6 Å². The van der Waals surface area contributed by atoms with Gasteiger partial charge in [-0.2, -0.15) is 5.10 Å². The molecule has 0 unspecified atom stereocenters. The van der Waals surface area contributed by atoms with Crippen LogP contribution in [0.5, 0.6) is 0 Å². The van der Waals surface area contributed by atoms with E-state index in [1.54, 1.807) is 19.2 Å². The van der Waals surface area contributed by atoms with Gasteiger partial charge in [0.05, 0.1) is 6.21 Å². The zero-order valence-corrected chi connectivity index (χ0v) is 14.2. The van der Waals surface area contributed by atoms with Crippen LogP contribution in [0.2, 0.25) is 5.02 Å². The fourth-order valence-corrected chi connectivity index (χ4v) is 2.23. The Morgan fingerprint density at radius 1 is 1.17 bits per heavy atom. The largest absolute Gasteiger partial charge is 0.374 e. The lowest BCUT2D eigenvalue weighted by Crippen LogP contribution is -2.35. The third-order valence-corrected chi connectivity index (χ3v) is 3.65. The number of benzene rings is 2. The number of aryl methyl sites for hydroxylation is 2. The van der Waals surface area contributed by atoms with E-state index in [0.717, 1.165) is 16.8 Å². The molecule has 0 bridgehead atoms. The molecule has 120 valence electrons. The van der Waals surface area contributed by atoms with E-state index in [1.807, 2.05) is 50.2 Å². The Balaban J connectivity index is 1.90. The van der Waals surface area contributed by atoms with Crippen LogP contribution in [-0.2, 0) is 4.79 Å². The fourth-order valence-electron chi connectivity index (χ4n) is 2.01. The lowest BCUT2D eigenvalue weighted by Gasteiger charge is -2.15. The molecule has 0 aromatic heterocycles. The van der Waals surface area contributed by atoms with Crippen LogP contribution in [0.3, 0.4) is 0 Å². The van der Waals surface area contributed by atoms with Gasteiger partial charge in [-0.25, -0.2) is 5.43 Å². The smallest absolute Gasteiger partial charge is 0.262 e. The van der Waals surface area contributed by atoms with Crippen molar-refractivity contribution in [3.8, 4) is 0 Å². The molecule has 0 aliphatic rings. The summed E-state index contributed by atoms with van der Waals surface area (Å²) in [5.41, 5.74) is 6.52. The van der Waals surface area contributed by atoms with Crippen molar-refractivity contribution in [3.05, 3.63) is 64.2 Å². The molecule has 2 aromatic rings. The number of hydrogen-bond acceptors (Lipinski definition) is 3. The van der Waals surface area contributed by atoms with Gasteiger partial charge in [0.1, 0.15) is 6.04 Å². The number of anilines is 1. The lowest BCUT2D eigenvalue weighted by molar-refractivity contribution is -0.121. The molecule has 2 aromatic carbocycles. The molecule has 0 radical (unpaired) electrons. The maximum atomic E-state index is 12.1. The first-order valence-corrected chi connectivity index (χ1v) is 7.76. The summed E-state index contributed by atoms with van der Waals surface area (Å²) in [6, 6.07) is 13.0. The Bertz CT molecular complexity index is 711. The van der Waals surface area contributed by atoms with Crippen LogP contribution in [0.4, 0.5) is 5.69 Å². The standard InChI is InChI=1S/C18H20ClN3O/c1-12-4-6-15(7-5-12)11-20-22-18(23)14(3)21-17-9-8-16(19)10-13(17)2/h4-11,14,21H,1-3H3,(H,22,23)/t14-/m1/s1. The van der Waals surface area contributed by atoms with Gasteiger partial charge >= 0.3 is 0 Å². The topological polar surface area (TPSA) is 53.5 Å². The van der Waals surface area contributed by atoms with Crippen molar-refractivity contribution in [3.63, 3.8) is 0 Å². The average molecular weight is 330 g/mol. The molecule has 4 nitrogen and oxygen atoms in total. The molecule has 0 aliphatic heterocycles.